The zero-order valence-electron chi connectivity index (χ0n) is 11.6. The minimum absolute atomic E-state index is 0.118. The number of nitrogens with zero attached hydrogens (tertiary/aromatic N) is 2. The average molecular weight is 303 g/mol. The summed E-state index contributed by atoms with van der Waals surface area (Å²) in [5.74, 6) is 0. The normalized spacial score (nSPS) is 28.2. The Kier molecular flexibility index (Phi) is 3.87. The first kappa shape index (κ1) is 14.4. The molecule has 2 saturated carbocycles. The number of nitriles is 1. The molecule has 0 amide bonds. The summed E-state index contributed by atoms with van der Waals surface area (Å²) in [5.41, 5.74) is -0.243. The second-order valence-corrected chi connectivity index (χ2v) is 7.22. The minimum atomic E-state index is -0.385. The molecule has 5 nitrogen and oxygen atoms in total. The van der Waals surface area contributed by atoms with E-state index in [1.165, 1.54) is 25.0 Å². The maximum absolute atomic E-state index is 10.6. The van der Waals surface area contributed by atoms with Crippen molar-refractivity contribution < 1.29 is 4.92 Å². The molecule has 2 aliphatic rings. The van der Waals surface area contributed by atoms with Crippen LogP contribution in [0.4, 0.5) is 5.69 Å². The molecule has 0 spiro atoms. The fourth-order valence-electron chi connectivity index (χ4n) is 2.82. The Morgan fingerprint density at radius 3 is 2.62 bits per heavy atom. The first-order valence-corrected chi connectivity index (χ1v) is 8.08. The van der Waals surface area contributed by atoms with Crippen LogP contribution < -0.4 is 5.32 Å². The standard InChI is InChI=1S/C15H17N3O2S/c16-10-15(17-11-1-2-11)8-7-14(9-15)21-13-5-3-12(4-6-13)18(19)20/h3-6,11,14,17H,1-2,7-9H2. The molecule has 2 atom stereocenters. The molecule has 2 unspecified atom stereocenters. The molecule has 0 heterocycles. The van der Waals surface area contributed by atoms with Gasteiger partial charge in [0.1, 0.15) is 5.54 Å². The van der Waals surface area contributed by atoms with Gasteiger partial charge in [-0.3, -0.25) is 15.4 Å². The van der Waals surface area contributed by atoms with Crippen LogP contribution in [0.25, 0.3) is 0 Å². The van der Waals surface area contributed by atoms with Crippen molar-refractivity contribution in [3.63, 3.8) is 0 Å². The Hall–Kier alpha value is -1.58. The van der Waals surface area contributed by atoms with Crippen molar-refractivity contribution in [2.75, 3.05) is 0 Å². The third-order valence-corrected chi connectivity index (χ3v) is 5.37. The van der Waals surface area contributed by atoms with Gasteiger partial charge in [-0.1, -0.05) is 0 Å². The first-order valence-electron chi connectivity index (χ1n) is 7.20. The molecule has 0 saturated heterocycles. The van der Waals surface area contributed by atoms with Gasteiger partial charge in [-0.25, -0.2) is 0 Å². The maximum Gasteiger partial charge on any atom is 0.269 e. The lowest BCUT2D eigenvalue weighted by Gasteiger charge is -2.22. The number of nitrogens with one attached hydrogen (secondary N) is 1. The molecular formula is C15H17N3O2S. The summed E-state index contributed by atoms with van der Waals surface area (Å²) in [4.78, 5) is 11.3. The van der Waals surface area contributed by atoms with Crippen LogP contribution in [0, 0.1) is 21.4 Å². The van der Waals surface area contributed by atoms with E-state index in [2.05, 4.69) is 11.4 Å². The second-order valence-electron chi connectivity index (χ2n) is 5.85. The van der Waals surface area contributed by atoms with Crippen molar-refractivity contribution >= 4 is 17.4 Å². The lowest BCUT2D eigenvalue weighted by atomic mass is 10.00. The largest absolute Gasteiger partial charge is 0.297 e. The van der Waals surface area contributed by atoms with Gasteiger partial charge >= 0.3 is 0 Å². The van der Waals surface area contributed by atoms with Crippen LogP contribution in [0.3, 0.4) is 0 Å². The Bertz CT molecular complexity index is 580. The Balaban J connectivity index is 1.61. The molecule has 1 N–H and O–H groups in total. The number of thioether (sulfide) groups is 1. The van der Waals surface area contributed by atoms with Crippen LogP contribution >= 0.6 is 11.8 Å². The topological polar surface area (TPSA) is 79.0 Å². The van der Waals surface area contributed by atoms with Crippen molar-refractivity contribution in [1.82, 2.24) is 5.32 Å². The van der Waals surface area contributed by atoms with E-state index in [0.29, 0.717) is 11.3 Å². The fraction of sp³-hybridized carbons (Fsp3) is 0.533. The third-order valence-electron chi connectivity index (χ3n) is 4.09. The summed E-state index contributed by atoms with van der Waals surface area (Å²) in [6, 6.07) is 9.68. The molecule has 1 aromatic carbocycles. The highest BCUT2D eigenvalue weighted by atomic mass is 32.2. The van der Waals surface area contributed by atoms with Crippen LogP contribution in [0.2, 0.25) is 0 Å². The van der Waals surface area contributed by atoms with E-state index in [9.17, 15) is 15.4 Å². The van der Waals surface area contributed by atoms with Gasteiger partial charge in [0.2, 0.25) is 0 Å². The predicted molar refractivity (Wildman–Crippen MR) is 81.1 cm³/mol. The molecule has 1 aromatic rings. The van der Waals surface area contributed by atoms with E-state index in [4.69, 9.17) is 0 Å². The quantitative estimate of drug-likeness (QED) is 0.667. The summed E-state index contributed by atoms with van der Waals surface area (Å²) in [6.07, 6.45) is 5.12. The Morgan fingerprint density at radius 1 is 1.33 bits per heavy atom. The highest BCUT2D eigenvalue weighted by Gasteiger charge is 2.43. The van der Waals surface area contributed by atoms with Gasteiger partial charge < -0.3 is 0 Å². The number of benzene rings is 1. The van der Waals surface area contributed by atoms with Crippen LogP contribution in [0.1, 0.15) is 32.1 Å². The highest BCUT2D eigenvalue weighted by molar-refractivity contribution is 8.00. The molecule has 0 aromatic heterocycles. The van der Waals surface area contributed by atoms with Crippen molar-refractivity contribution in [2.45, 2.75) is 53.8 Å². The molecule has 6 heteroatoms. The molecule has 110 valence electrons. The fourth-order valence-corrected chi connectivity index (χ4v) is 4.10. The summed E-state index contributed by atoms with van der Waals surface area (Å²) >= 11 is 1.72. The maximum atomic E-state index is 10.6. The van der Waals surface area contributed by atoms with Gasteiger partial charge in [0.05, 0.1) is 11.0 Å². The summed E-state index contributed by atoms with van der Waals surface area (Å²) in [5, 5.41) is 24.0. The van der Waals surface area contributed by atoms with Crippen molar-refractivity contribution in [2.24, 2.45) is 0 Å². The minimum Gasteiger partial charge on any atom is -0.297 e. The molecule has 2 aliphatic carbocycles. The lowest BCUT2D eigenvalue weighted by Crippen LogP contribution is -2.43. The SMILES string of the molecule is N#CC1(NC2CC2)CCC(Sc2ccc([N+](=O)[O-])cc2)C1. The van der Waals surface area contributed by atoms with Gasteiger partial charge in [-0.05, 0) is 44.2 Å². The van der Waals surface area contributed by atoms with Crippen LogP contribution in [0.15, 0.2) is 29.2 Å². The van der Waals surface area contributed by atoms with Crippen molar-refractivity contribution in [1.29, 1.82) is 5.26 Å². The second kappa shape index (κ2) is 5.66. The summed E-state index contributed by atoms with van der Waals surface area (Å²) in [7, 11) is 0. The van der Waals surface area contributed by atoms with E-state index < -0.39 is 0 Å². The summed E-state index contributed by atoms with van der Waals surface area (Å²) < 4.78 is 0. The number of hydrogen-bond acceptors (Lipinski definition) is 5. The van der Waals surface area contributed by atoms with Gasteiger partial charge in [0.15, 0.2) is 0 Å². The zero-order valence-corrected chi connectivity index (χ0v) is 12.4. The number of rotatable bonds is 5. The molecule has 2 fully saturated rings. The monoisotopic (exact) mass is 303 g/mol. The first-order chi connectivity index (χ1) is 10.1. The Labute approximate surface area is 127 Å². The van der Waals surface area contributed by atoms with E-state index in [0.717, 1.165) is 24.2 Å². The number of hydrogen-bond donors (Lipinski definition) is 1. The molecule has 3 rings (SSSR count). The van der Waals surface area contributed by atoms with E-state index in [-0.39, 0.29) is 16.1 Å². The van der Waals surface area contributed by atoms with Gasteiger partial charge in [0, 0.05) is 28.3 Å². The van der Waals surface area contributed by atoms with Gasteiger partial charge in [-0.2, -0.15) is 5.26 Å². The molecule has 0 aliphatic heterocycles. The molecular weight excluding hydrogens is 286 g/mol. The van der Waals surface area contributed by atoms with Crippen molar-refractivity contribution in [3.05, 3.63) is 34.4 Å². The molecule has 0 radical (unpaired) electrons. The molecule has 0 bridgehead atoms. The van der Waals surface area contributed by atoms with Crippen LogP contribution in [-0.2, 0) is 0 Å². The van der Waals surface area contributed by atoms with E-state index in [1.807, 2.05) is 0 Å². The highest BCUT2D eigenvalue weighted by Crippen LogP contribution is 2.41. The average Bonchev–Trinajstić information content (AvgIpc) is 3.20. The number of non-ortho nitro benzene ring substituents is 1. The smallest absolute Gasteiger partial charge is 0.269 e. The van der Waals surface area contributed by atoms with Crippen molar-refractivity contribution in [3.8, 4) is 6.07 Å². The molecule has 21 heavy (non-hydrogen) atoms. The summed E-state index contributed by atoms with van der Waals surface area (Å²) in [6.45, 7) is 0. The number of nitro groups is 1. The van der Waals surface area contributed by atoms with E-state index in [1.54, 1.807) is 23.9 Å². The van der Waals surface area contributed by atoms with Crippen LogP contribution in [-0.4, -0.2) is 21.8 Å². The predicted octanol–water partition coefficient (Wildman–Crippen LogP) is 3.25. The zero-order chi connectivity index (χ0) is 14.9. The van der Waals surface area contributed by atoms with E-state index >= 15 is 0 Å². The number of nitro benzene ring substituents is 1. The van der Waals surface area contributed by atoms with Crippen LogP contribution in [0.5, 0.6) is 0 Å². The van der Waals surface area contributed by atoms with Gasteiger partial charge in [0.25, 0.3) is 5.69 Å². The lowest BCUT2D eigenvalue weighted by molar-refractivity contribution is -0.384. The van der Waals surface area contributed by atoms with Gasteiger partial charge in [-0.15, -0.1) is 11.8 Å². The third kappa shape index (κ3) is 3.36. The Morgan fingerprint density at radius 2 is 2.05 bits per heavy atom.